The number of aliphatic hydroxyl groups is 1. The van der Waals surface area contributed by atoms with Gasteiger partial charge in [-0.15, -0.1) is 0 Å². The third-order valence-electron chi connectivity index (χ3n) is 3.18. The lowest BCUT2D eigenvalue weighted by atomic mass is 10.00. The van der Waals surface area contributed by atoms with Crippen molar-refractivity contribution in [2.45, 2.75) is 19.4 Å². The number of hydrogen-bond acceptors (Lipinski definition) is 4. The van der Waals surface area contributed by atoms with Crippen molar-refractivity contribution in [3.05, 3.63) is 0 Å². The first-order valence-corrected chi connectivity index (χ1v) is 5.68. The topological polar surface area (TPSA) is 35.9 Å². The van der Waals surface area contributed by atoms with E-state index in [1.807, 2.05) is 0 Å². The fourth-order valence-electron chi connectivity index (χ4n) is 1.89. The molecule has 1 rings (SSSR count). The van der Waals surface area contributed by atoms with Gasteiger partial charge in [-0.3, -0.25) is 9.80 Å². The van der Waals surface area contributed by atoms with Gasteiger partial charge in [0.15, 0.2) is 0 Å². The van der Waals surface area contributed by atoms with Gasteiger partial charge in [0, 0.05) is 31.7 Å². The smallest absolute Gasteiger partial charge is 0.0698 e. The minimum Gasteiger partial charge on any atom is -0.394 e. The van der Waals surface area contributed by atoms with E-state index >= 15 is 0 Å². The summed E-state index contributed by atoms with van der Waals surface area (Å²) in [6.07, 6.45) is 0. The highest BCUT2D eigenvalue weighted by Gasteiger charge is 2.30. The number of likely N-dealkylation sites (N-methyl/N-ethyl adjacent to an activating group) is 1. The Morgan fingerprint density at radius 2 is 2.00 bits per heavy atom. The molecule has 0 spiro atoms. The number of nitrogens with zero attached hydrogens (tertiary/aromatic N) is 2. The third kappa shape index (κ3) is 4.07. The summed E-state index contributed by atoms with van der Waals surface area (Å²) >= 11 is 0. The molecule has 1 saturated heterocycles. The Morgan fingerprint density at radius 1 is 1.27 bits per heavy atom. The summed E-state index contributed by atoms with van der Waals surface area (Å²) in [6, 6.07) is 0. The van der Waals surface area contributed by atoms with Crippen molar-refractivity contribution in [2.24, 2.45) is 0 Å². The second-order valence-electron chi connectivity index (χ2n) is 4.85. The molecule has 0 bridgehead atoms. The molecule has 1 aliphatic heterocycles. The lowest BCUT2D eigenvalue weighted by molar-refractivity contribution is 0.0158. The monoisotopic (exact) mass is 216 g/mol. The van der Waals surface area contributed by atoms with Crippen molar-refractivity contribution in [3.8, 4) is 0 Å². The first kappa shape index (κ1) is 12.9. The Morgan fingerprint density at radius 3 is 2.60 bits per heavy atom. The van der Waals surface area contributed by atoms with Gasteiger partial charge in [0.05, 0.1) is 19.8 Å². The standard InChI is InChI=1S/C11H24N2O2/c1-11(2)10-13(5-4-12(11)3)6-8-15-9-7-14/h14H,4-10H2,1-3H3. The molecule has 15 heavy (non-hydrogen) atoms. The highest BCUT2D eigenvalue weighted by molar-refractivity contribution is 4.87. The van der Waals surface area contributed by atoms with Gasteiger partial charge in [0.1, 0.15) is 0 Å². The minimum atomic E-state index is 0.119. The van der Waals surface area contributed by atoms with E-state index in [0.29, 0.717) is 6.61 Å². The average molecular weight is 216 g/mol. The molecule has 1 aliphatic rings. The summed E-state index contributed by atoms with van der Waals surface area (Å²) in [5, 5.41) is 8.58. The van der Waals surface area contributed by atoms with Crippen LogP contribution < -0.4 is 0 Å². The van der Waals surface area contributed by atoms with Crippen molar-refractivity contribution < 1.29 is 9.84 Å². The number of ether oxygens (including phenoxy) is 1. The van der Waals surface area contributed by atoms with Crippen LogP contribution in [0.5, 0.6) is 0 Å². The van der Waals surface area contributed by atoms with Gasteiger partial charge in [-0.05, 0) is 20.9 Å². The van der Waals surface area contributed by atoms with Gasteiger partial charge in [-0.25, -0.2) is 0 Å². The first-order valence-electron chi connectivity index (χ1n) is 5.68. The molecule has 90 valence electrons. The zero-order chi connectivity index (χ0) is 11.3. The van der Waals surface area contributed by atoms with E-state index in [9.17, 15) is 0 Å². The summed E-state index contributed by atoms with van der Waals surface area (Å²) in [5.74, 6) is 0. The average Bonchev–Trinajstić information content (AvgIpc) is 2.18. The molecule has 0 aromatic heterocycles. The van der Waals surface area contributed by atoms with Crippen molar-refractivity contribution in [3.63, 3.8) is 0 Å². The summed E-state index contributed by atoms with van der Waals surface area (Å²) in [7, 11) is 2.18. The lowest BCUT2D eigenvalue weighted by Crippen LogP contribution is -2.57. The van der Waals surface area contributed by atoms with E-state index < -0.39 is 0 Å². The molecule has 0 aromatic carbocycles. The van der Waals surface area contributed by atoms with Gasteiger partial charge < -0.3 is 9.84 Å². The van der Waals surface area contributed by atoms with Crippen molar-refractivity contribution in [2.75, 3.05) is 53.0 Å². The quantitative estimate of drug-likeness (QED) is 0.657. The van der Waals surface area contributed by atoms with Crippen LogP contribution in [0, 0.1) is 0 Å². The van der Waals surface area contributed by atoms with E-state index in [1.54, 1.807) is 0 Å². The SMILES string of the molecule is CN1CCN(CCOCCO)CC1(C)C. The molecule has 0 aromatic rings. The zero-order valence-corrected chi connectivity index (χ0v) is 10.2. The molecule has 0 radical (unpaired) electrons. The maximum atomic E-state index is 8.58. The normalized spacial score (nSPS) is 23.2. The maximum Gasteiger partial charge on any atom is 0.0698 e. The predicted molar refractivity (Wildman–Crippen MR) is 61.1 cm³/mol. The van der Waals surface area contributed by atoms with Crippen LogP contribution in [0.25, 0.3) is 0 Å². The summed E-state index contributed by atoms with van der Waals surface area (Å²) in [6.45, 7) is 10.1. The first-order chi connectivity index (χ1) is 7.06. The second-order valence-corrected chi connectivity index (χ2v) is 4.85. The number of piperazine rings is 1. The van der Waals surface area contributed by atoms with Crippen LogP contribution in [0.15, 0.2) is 0 Å². The molecule has 1 heterocycles. The highest BCUT2D eigenvalue weighted by atomic mass is 16.5. The number of hydrogen-bond donors (Lipinski definition) is 1. The molecule has 0 amide bonds. The van der Waals surface area contributed by atoms with Crippen LogP contribution in [0.2, 0.25) is 0 Å². The number of rotatable bonds is 5. The molecule has 1 N–H and O–H groups in total. The fourth-order valence-corrected chi connectivity index (χ4v) is 1.89. The van der Waals surface area contributed by atoms with Crippen LogP contribution in [0.1, 0.15) is 13.8 Å². The Bertz CT molecular complexity index is 185. The van der Waals surface area contributed by atoms with Crippen molar-refractivity contribution in [1.82, 2.24) is 9.80 Å². The van der Waals surface area contributed by atoms with Crippen LogP contribution in [-0.4, -0.2) is 73.5 Å². The van der Waals surface area contributed by atoms with E-state index in [0.717, 1.165) is 32.8 Å². The van der Waals surface area contributed by atoms with Gasteiger partial charge in [-0.1, -0.05) is 0 Å². The fraction of sp³-hybridized carbons (Fsp3) is 1.00. The molecule has 0 aliphatic carbocycles. The van der Waals surface area contributed by atoms with Crippen LogP contribution in [0.4, 0.5) is 0 Å². The molecule has 4 heteroatoms. The second kappa shape index (κ2) is 5.80. The van der Waals surface area contributed by atoms with Crippen molar-refractivity contribution in [1.29, 1.82) is 0 Å². The van der Waals surface area contributed by atoms with Gasteiger partial charge in [0.25, 0.3) is 0 Å². The number of aliphatic hydroxyl groups excluding tert-OH is 1. The Hall–Kier alpha value is -0.160. The molecule has 0 saturated carbocycles. The van der Waals surface area contributed by atoms with Crippen LogP contribution >= 0.6 is 0 Å². The molecule has 4 nitrogen and oxygen atoms in total. The minimum absolute atomic E-state index is 0.119. The summed E-state index contributed by atoms with van der Waals surface area (Å²) in [4.78, 5) is 4.83. The Balaban J connectivity index is 2.21. The van der Waals surface area contributed by atoms with E-state index in [-0.39, 0.29) is 12.1 Å². The van der Waals surface area contributed by atoms with E-state index in [1.165, 1.54) is 0 Å². The van der Waals surface area contributed by atoms with E-state index in [4.69, 9.17) is 9.84 Å². The van der Waals surface area contributed by atoms with Gasteiger partial charge in [-0.2, -0.15) is 0 Å². The van der Waals surface area contributed by atoms with E-state index in [2.05, 4.69) is 30.7 Å². The molecule has 0 unspecified atom stereocenters. The molecular weight excluding hydrogens is 192 g/mol. The van der Waals surface area contributed by atoms with Crippen molar-refractivity contribution >= 4 is 0 Å². The highest BCUT2D eigenvalue weighted by Crippen LogP contribution is 2.18. The third-order valence-corrected chi connectivity index (χ3v) is 3.18. The summed E-state index contributed by atoms with van der Waals surface area (Å²) in [5.41, 5.74) is 0.259. The molecular formula is C11H24N2O2. The van der Waals surface area contributed by atoms with Gasteiger partial charge in [0.2, 0.25) is 0 Å². The predicted octanol–water partition coefficient (Wildman–Crippen LogP) is 0.0213. The molecule has 1 fully saturated rings. The lowest BCUT2D eigenvalue weighted by Gasteiger charge is -2.45. The largest absolute Gasteiger partial charge is 0.394 e. The maximum absolute atomic E-state index is 8.58. The van der Waals surface area contributed by atoms with Crippen LogP contribution in [-0.2, 0) is 4.74 Å². The zero-order valence-electron chi connectivity index (χ0n) is 10.2. The Labute approximate surface area is 92.8 Å². The summed E-state index contributed by atoms with van der Waals surface area (Å²) < 4.78 is 5.28. The van der Waals surface area contributed by atoms with Crippen LogP contribution in [0.3, 0.4) is 0 Å². The molecule has 0 atom stereocenters. The Kier molecular flexibility index (Phi) is 4.99. The van der Waals surface area contributed by atoms with Gasteiger partial charge >= 0.3 is 0 Å².